The van der Waals surface area contributed by atoms with Gasteiger partial charge in [0.25, 0.3) is 15.9 Å². The number of oxazole rings is 1. The van der Waals surface area contributed by atoms with Crippen molar-refractivity contribution >= 4 is 38.7 Å². The van der Waals surface area contributed by atoms with Crippen LogP contribution < -0.4 is 15.8 Å². The van der Waals surface area contributed by atoms with Crippen LogP contribution in [0.15, 0.2) is 56.6 Å². The first-order chi connectivity index (χ1) is 13.7. The molecule has 3 N–H and O–H groups in total. The number of aryl methyl sites for hydroxylation is 1. The third-order valence-corrected chi connectivity index (χ3v) is 5.48. The number of aliphatic carboxylic acids is 1. The molecule has 0 aliphatic heterocycles. The summed E-state index contributed by atoms with van der Waals surface area (Å²) >= 11 is 0. The van der Waals surface area contributed by atoms with Gasteiger partial charge in [0.05, 0.1) is 16.8 Å². The van der Waals surface area contributed by atoms with Gasteiger partial charge in [0.15, 0.2) is 5.58 Å². The molecular formula is C18H17N3O7S. The van der Waals surface area contributed by atoms with Crippen LogP contribution in [-0.4, -0.2) is 36.5 Å². The zero-order valence-corrected chi connectivity index (χ0v) is 16.0. The number of nitrogens with one attached hydrogen (secondary N) is 2. The van der Waals surface area contributed by atoms with E-state index >= 15 is 0 Å². The van der Waals surface area contributed by atoms with E-state index < -0.39 is 27.7 Å². The summed E-state index contributed by atoms with van der Waals surface area (Å²) in [7, 11) is -2.44. The first-order valence-corrected chi connectivity index (χ1v) is 9.88. The van der Waals surface area contributed by atoms with E-state index in [4.69, 9.17) is 9.52 Å². The van der Waals surface area contributed by atoms with Gasteiger partial charge in [-0.05, 0) is 36.4 Å². The lowest BCUT2D eigenvalue weighted by atomic mass is 10.2. The normalized spacial score (nSPS) is 11.3. The number of carbonyl (C=O) groups excluding carboxylic acids is 1. The molecule has 0 saturated carbocycles. The second kappa shape index (κ2) is 7.80. The third-order valence-electron chi connectivity index (χ3n) is 4.10. The second-order valence-corrected chi connectivity index (χ2v) is 7.82. The molecule has 0 aliphatic carbocycles. The van der Waals surface area contributed by atoms with Gasteiger partial charge < -0.3 is 14.8 Å². The average Bonchev–Trinajstić information content (AvgIpc) is 2.95. The number of benzene rings is 2. The number of rotatable bonds is 7. The van der Waals surface area contributed by atoms with Gasteiger partial charge in [0, 0.05) is 30.9 Å². The molecule has 2 aromatic carbocycles. The number of aromatic nitrogens is 1. The Kier molecular flexibility index (Phi) is 5.41. The summed E-state index contributed by atoms with van der Waals surface area (Å²) in [4.78, 5) is 33.8. The number of carbonyl (C=O) groups is 2. The first-order valence-electron chi connectivity index (χ1n) is 8.40. The SMILES string of the molecule is Cn1c(=O)oc2cc(S(=O)(=O)Nc3ccc(C(=O)NCCC(=O)O)cc3)ccc21. The van der Waals surface area contributed by atoms with E-state index in [1.165, 1.54) is 54.1 Å². The van der Waals surface area contributed by atoms with Gasteiger partial charge in [0.1, 0.15) is 0 Å². The molecule has 0 saturated heterocycles. The van der Waals surface area contributed by atoms with Gasteiger partial charge in [-0.2, -0.15) is 0 Å². The van der Waals surface area contributed by atoms with Crippen LogP contribution in [0.1, 0.15) is 16.8 Å². The smallest absolute Gasteiger partial charge is 0.419 e. The monoisotopic (exact) mass is 419 g/mol. The van der Waals surface area contributed by atoms with E-state index in [9.17, 15) is 22.8 Å². The summed E-state index contributed by atoms with van der Waals surface area (Å²) in [6.45, 7) is -0.0133. The molecule has 0 unspecified atom stereocenters. The van der Waals surface area contributed by atoms with Crippen molar-refractivity contribution in [1.29, 1.82) is 0 Å². The molecule has 3 rings (SSSR count). The molecule has 0 aliphatic rings. The fourth-order valence-corrected chi connectivity index (χ4v) is 3.64. The Labute approximate surface area is 164 Å². The van der Waals surface area contributed by atoms with Gasteiger partial charge in [0.2, 0.25) is 0 Å². The molecular weight excluding hydrogens is 402 g/mol. The highest BCUT2D eigenvalue weighted by Gasteiger charge is 2.17. The number of hydrogen-bond donors (Lipinski definition) is 3. The Morgan fingerprint density at radius 3 is 2.48 bits per heavy atom. The van der Waals surface area contributed by atoms with Crippen molar-refractivity contribution in [3.63, 3.8) is 0 Å². The van der Waals surface area contributed by atoms with Crippen LogP contribution >= 0.6 is 0 Å². The standard InChI is InChI=1S/C18H17N3O7S/c1-21-14-7-6-13(10-15(14)28-18(21)25)29(26,27)20-12-4-2-11(3-5-12)17(24)19-9-8-16(22)23/h2-7,10,20H,8-9H2,1H3,(H,19,24)(H,22,23). The minimum Gasteiger partial charge on any atom is -0.481 e. The van der Waals surface area contributed by atoms with Crippen LogP contribution in [0.25, 0.3) is 11.1 Å². The molecule has 0 spiro atoms. The van der Waals surface area contributed by atoms with Crippen molar-refractivity contribution in [2.45, 2.75) is 11.3 Å². The molecule has 0 bridgehead atoms. The van der Waals surface area contributed by atoms with E-state index in [-0.39, 0.29) is 34.7 Å². The number of carboxylic acids is 1. The van der Waals surface area contributed by atoms with Crippen LogP contribution in [-0.2, 0) is 21.9 Å². The summed E-state index contributed by atoms with van der Waals surface area (Å²) in [5.74, 6) is -2.09. The van der Waals surface area contributed by atoms with E-state index in [2.05, 4.69) is 10.0 Å². The zero-order valence-electron chi connectivity index (χ0n) is 15.2. The maximum Gasteiger partial charge on any atom is 0.419 e. The van der Waals surface area contributed by atoms with Gasteiger partial charge in [-0.25, -0.2) is 13.2 Å². The Bertz CT molecular complexity index is 1240. The molecule has 1 amide bonds. The summed E-state index contributed by atoms with van der Waals surface area (Å²) in [6.07, 6.45) is -0.199. The number of fused-ring (bicyclic) bond motifs is 1. The molecule has 11 heteroatoms. The average molecular weight is 419 g/mol. The lowest BCUT2D eigenvalue weighted by molar-refractivity contribution is -0.136. The fourth-order valence-electron chi connectivity index (χ4n) is 2.57. The number of sulfonamides is 1. The highest BCUT2D eigenvalue weighted by atomic mass is 32.2. The molecule has 1 aromatic heterocycles. The number of amides is 1. The highest BCUT2D eigenvalue weighted by Crippen LogP contribution is 2.21. The largest absolute Gasteiger partial charge is 0.481 e. The van der Waals surface area contributed by atoms with E-state index in [0.29, 0.717) is 5.52 Å². The molecule has 0 fully saturated rings. The molecule has 29 heavy (non-hydrogen) atoms. The van der Waals surface area contributed by atoms with Crippen molar-refractivity contribution in [2.24, 2.45) is 7.05 Å². The van der Waals surface area contributed by atoms with E-state index in [0.717, 1.165) is 0 Å². The first kappa shape index (κ1) is 20.1. The van der Waals surface area contributed by atoms with Crippen molar-refractivity contribution in [1.82, 2.24) is 9.88 Å². The number of hydrogen-bond acceptors (Lipinski definition) is 6. The van der Waals surface area contributed by atoms with Gasteiger partial charge in [-0.1, -0.05) is 0 Å². The molecule has 152 valence electrons. The van der Waals surface area contributed by atoms with Crippen LogP contribution in [0.5, 0.6) is 0 Å². The molecule has 0 atom stereocenters. The van der Waals surface area contributed by atoms with Crippen molar-refractivity contribution in [2.75, 3.05) is 11.3 Å². The summed E-state index contributed by atoms with van der Waals surface area (Å²) < 4.78 is 33.8. The maximum absolute atomic E-state index is 12.6. The molecule has 3 aromatic rings. The minimum absolute atomic E-state index is 0.0133. The maximum atomic E-state index is 12.6. The predicted molar refractivity (Wildman–Crippen MR) is 103 cm³/mol. The van der Waals surface area contributed by atoms with E-state index in [1.54, 1.807) is 0 Å². The van der Waals surface area contributed by atoms with Crippen molar-refractivity contribution in [3.8, 4) is 0 Å². The predicted octanol–water partition coefficient (Wildman–Crippen LogP) is 1.14. The summed E-state index contributed by atoms with van der Waals surface area (Å²) in [5, 5.41) is 11.0. The molecule has 10 nitrogen and oxygen atoms in total. The molecule has 0 radical (unpaired) electrons. The topological polar surface area (TPSA) is 148 Å². The van der Waals surface area contributed by atoms with Crippen molar-refractivity contribution in [3.05, 3.63) is 58.6 Å². The van der Waals surface area contributed by atoms with E-state index in [1.807, 2.05) is 0 Å². The zero-order chi connectivity index (χ0) is 21.2. The lowest BCUT2D eigenvalue weighted by Gasteiger charge is -2.09. The third kappa shape index (κ3) is 4.46. The van der Waals surface area contributed by atoms with Crippen LogP contribution in [0.2, 0.25) is 0 Å². The van der Waals surface area contributed by atoms with Gasteiger partial charge in [-0.3, -0.25) is 18.9 Å². The van der Waals surface area contributed by atoms with Crippen LogP contribution in [0.4, 0.5) is 5.69 Å². The summed E-state index contributed by atoms with van der Waals surface area (Å²) in [6, 6.07) is 9.71. The highest BCUT2D eigenvalue weighted by molar-refractivity contribution is 7.92. The molecule has 1 heterocycles. The fraction of sp³-hybridized carbons (Fsp3) is 0.167. The quantitative estimate of drug-likeness (QED) is 0.520. The second-order valence-electron chi connectivity index (χ2n) is 6.14. The summed E-state index contributed by atoms with van der Waals surface area (Å²) in [5.41, 5.74) is 1.09. The Morgan fingerprint density at radius 1 is 1.14 bits per heavy atom. The number of nitrogens with zero attached hydrogens (tertiary/aromatic N) is 1. The van der Waals surface area contributed by atoms with Gasteiger partial charge >= 0.3 is 11.7 Å². The minimum atomic E-state index is -3.95. The Morgan fingerprint density at radius 2 is 1.83 bits per heavy atom. The number of anilines is 1. The van der Waals surface area contributed by atoms with Crippen molar-refractivity contribution < 1.29 is 27.5 Å². The number of carboxylic acid groups (broad SMARTS) is 1. The Hall–Kier alpha value is -3.60. The van der Waals surface area contributed by atoms with Gasteiger partial charge in [-0.15, -0.1) is 0 Å². The van der Waals surface area contributed by atoms with Crippen LogP contribution in [0.3, 0.4) is 0 Å². The Balaban J connectivity index is 1.74. The lowest BCUT2D eigenvalue weighted by Crippen LogP contribution is -2.25. The van der Waals surface area contributed by atoms with Crippen LogP contribution in [0, 0.1) is 0 Å².